The predicted molar refractivity (Wildman–Crippen MR) is 76.5 cm³/mol. The molecule has 2 nitrogen and oxygen atoms in total. The Morgan fingerprint density at radius 1 is 1.28 bits per heavy atom. The van der Waals surface area contributed by atoms with Crippen LogP contribution in [0.1, 0.15) is 5.56 Å². The van der Waals surface area contributed by atoms with E-state index in [9.17, 15) is 4.39 Å². The molecule has 0 amide bonds. The van der Waals surface area contributed by atoms with Crippen molar-refractivity contribution in [3.05, 3.63) is 34.1 Å². The first-order chi connectivity index (χ1) is 8.22. The summed E-state index contributed by atoms with van der Waals surface area (Å²) in [6.45, 7) is 5.60. The Bertz CT molecular complexity index is 417. The molecule has 0 spiro atoms. The summed E-state index contributed by atoms with van der Waals surface area (Å²) in [7, 11) is 0. The number of hydrogen-bond acceptors (Lipinski definition) is 2. The van der Waals surface area contributed by atoms with Gasteiger partial charge in [0.25, 0.3) is 0 Å². The lowest BCUT2D eigenvalue weighted by molar-refractivity contribution is 0.305. The number of fused-ring (bicyclic) bond motifs is 1. The third-order valence-electron chi connectivity index (χ3n) is 3.86. The van der Waals surface area contributed by atoms with E-state index in [1.807, 2.05) is 12.1 Å². The zero-order valence-corrected chi connectivity index (χ0v) is 12.4. The van der Waals surface area contributed by atoms with E-state index >= 15 is 0 Å². The van der Waals surface area contributed by atoms with Crippen molar-refractivity contribution in [2.45, 2.75) is 6.54 Å². The summed E-state index contributed by atoms with van der Waals surface area (Å²) in [6.07, 6.45) is 0. The van der Waals surface area contributed by atoms with E-state index in [1.165, 1.54) is 24.7 Å². The summed E-state index contributed by atoms with van der Waals surface area (Å²) >= 11 is 3.24. The normalized spacial score (nSPS) is 27.0. The molecule has 2 aliphatic rings. The van der Waals surface area contributed by atoms with Gasteiger partial charge in [0.05, 0.1) is 4.47 Å². The van der Waals surface area contributed by atoms with E-state index in [1.54, 1.807) is 0 Å². The van der Waals surface area contributed by atoms with Crippen molar-refractivity contribution in [2.75, 3.05) is 26.2 Å². The maximum absolute atomic E-state index is 13.1. The third kappa shape index (κ3) is 2.87. The summed E-state index contributed by atoms with van der Waals surface area (Å²) in [4.78, 5) is 2.48. The fourth-order valence-electron chi connectivity index (χ4n) is 2.98. The standard InChI is InChI=1S/C13H16BrFN2.ClH/c14-12-3-9(1-2-13(12)15)6-17-7-10-4-16-5-11(10)8-17;/h1-3,10-11,16H,4-8H2;1H/t10-,11+;. The monoisotopic (exact) mass is 334 g/mol. The van der Waals surface area contributed by atoms with Gasteiger partial charge in [0.2, 0.25) is 0 Å². The molecule has 2 atom stereocenters. The number of benzene rings is 1. The highest BCUT2D eigenvalue weighted by Crippen LogP contribution is 2.28. The molecule has 1 N–H and O–H groups in total. The van der Waals surface area contributed by atoms with Crippen LogP contribution in [0.15, 0.2) is 22.7 Å². The van der Waals surface area contributed by atoms with Gasteiger partial charge in [-0.1, -0.05) is 6.07 Å². The molecular formula is C13H17BrClFN2. The lowest BCUT2D eigenvalue weighted by atomic mass is 10.0. The van der Waals surface area contributed by atoms with Crippen molar-refractivity contribution in [3.63, 3.8) is 0 Å². The molecule has 18 heavy (non-hydrogen) atoms. The van der Waals surface area contributed by atoms with Gasteiger partial charge >= 0.3 is 0 Å². The van der Waals surface area contributed by atoms with Crippen molar-refractivity contribution in [2.24, 2.45) is 11.8 Å². The lowest BCUT2D eigenvalue weighted by Crippen LogP contribution is -2.25. The predicted octanol–water partition coefficient (Wildman–Crippen LogP) is 2.66. The van der Waals surface area contributed by atoms with E-state index in [4.69, 9.17) is 0 Å². The zero-order valence-electron chi connectivity index (χ0n) is 10.0. The fourth-order valence-corrected chi connectivity index (χ4v) is 3.40. The van der Waals surface area contributed by atoms with Crippen LogP contribution in [-0.4, -0.2) is 31.1 Å². The minimum atomic E-state index is -0.184. The van der Waals surface area contributed by atoms with Gasteiger partial charge in [0.1, 0.15) is 5.82 Å². The number of nitrogens with one attached hydrogen (secondary N) is 1. The van der Waals surface area contributed by atoms with Crippen LogP contribution >= 0.6 is 28.3 Å². The van der Waals surface area contributed by atoms with Crippen molar-refractivity contribution >= 4 is 28.3 Å². The number of nitrogens with zero attached hydrogens (tertiary/aromatic N) is 1. The largest absolute Gasteiger partial charge is 0.316 e. The van der Waals surface area contributed by atoms with Crippen molar-refractivity contribution in [3.8, 4) is 0 Å². The Kier molecular flexibility index (Phi) is 4.64. The molecule has 2 saturated heterocycles. The van der Waals surface area contributed by atoms with Gasteiger partial charge in [-0.25, -0.2) is 4.39 Å². The average molecular weight is 336 g/mol. The first-order valence-electron chi connectivity index (χ1n) is 6.09. The summed E-state index contributed by atoms with van der Waals surface area (Å²) in [5, 5.41) is 3.44. The fraction of sp³-hybridized carbons (Fsp3) is 0.538. The van der Waals surface area contributed by atoms with Gasteiger partial charge in [-0.3, -0.25) is 4.90 Å². The second-order valence-corrected chi connectivity index (χ2v) is 5.98. The summed E-state index contributed by atoms with van der Waals surface area (Å²) in [5.74, 6) is 1.45. The minimum Gasteiger partial charge on any atom is -0.316 e. The molecular weight excluding hydrogens is 319 g/mol. The molecule has 3 rings (SSSR count). The highest BCUT2D eigenvalue weighted by molar-refractivity contribution is 9.10. The van der Waals surface area contributed by atoms with Crippen LogP contribution in [0.2, 0.25) is 0 Å². The SMILES string of the molecule is Cl.Fc1ccc(CN2C[C@H]3CNC[C@H]3C2)cc1Br. The van der Waals surface area contributed by atoms with Crippen LogP contribution in [-0.2, 0) is 6.54 Å². The van der Waals surface area contributed by atoms with Crippen LogP contribution in [0.5, 0.6) is 0 Å². The maximum atomic E-state index is 13.1. The van der Waals surface area contributed by atoms with Gasteiger partial charge in [0, 0.05) is 19.6 Å². The minimum absolute atomic E-state index is 0. The molecule has 1 aromatic carbocycles. The van der Waals surface area contributed by atoms with Gasteiger partial charge in [-0.15, -0.1) is 12.4 Å². The average Bonchev–Trinajstić information content (AvgIpc) is 2.84. The van der Waals surface area contributed by atoms with Crippen molar-refractivity contribution in [1.29, 1.82) is 0 Å². The Hall–Kier alpha value is -0.160. The number of halogens is 3. The van der Waals surface area contributed by atoms with Crippen LogP contribution in [0.25, 0.3) is 0 Å². The topological polar surface area (TPSA) is 15.3 Å². The Morgan fingerprint density at radius 2 is 1.94 bits per heavy atom. The van der Waals surface area contributed by atoms with Crippen molar-refractivity contribution in [1.82, 2.24) is 10.2 Å². The van der Waals surface area contributed by atoms with Crippen LogP contribution in [0, 0.1) is 17.7 Å². The maximum Gasteiger partial charge on any atom is 0.137 e. The molecule has 0 radical (unpaired) electrons. The number of hydrogen-bond donors (Lipinski definition) is 1. The molecule has 1 aromatic rings. The quantitative estimate of drug-likeness (QED) is 0.894. The van der Waals surface area contributed by atoms with Crippen LogP contribution in [0.3, 0.4) is 0 Å². The molecule has 0 aliphatic carbocycles. The summed E-state index contributed by atoms with van der Waals surface area (Å²) < 4.78 is 13.7. The van der Waals surface area contributed by atoms with E-state index in [0.717, 1.165) is 31.5 Å². The van der Waals surface area contributed by atoms with Crippen LogP contribution in [0.4, 0.5) is 4.39 Å². The van der Waals surface area contributed by atoms with Gasteiger partial charge in [-0.05, 0) is 58.6 Å². The third-order valence-corrected chi connectivity index (χ3v) is 4.46. The van der Waals surface area contributed by atoms with Gasteiger partial charge in [0.15, 0.2) is 0 Å². The first kappa shape index (κ1) is 14.3. The summed E-state index contributed by atoms with van der Waals surface area (Å²) in [6, 6.07) is 5.31. The second-order valence-electron chi connectivity index (χ2n) is 5.12. The molecule has 100 valence electrons. The Labute approximate surface area is 121 Å². The Balaban J connectivity index is 0.00000120. The molecule has 0 saturated carbocycles. The van der Waals surface area contributed by atoms with E-state index in [2.05, 4.69) is 26.1 Å². The Morgan fingerprint density at radius 3 is 2.56 bits per heavy atom. The molecule has 2 aliphatic heterocycles. The van der Waals surface area contributed by atoms with E-state index in [0.29, 0.717) is 4.47 Å². The van der Waals surface area contributed by atoms with Crippen molar-refractivity contribution < 1.29 is 4.39 Å². The summed E-state index contributed by atoms with van der Waals surface area (Å²) in [5.41, 5.74) is 1.19. The smallest absolute Gasteiger partial charge is 0.137 e. The van der Waals surface area contributed by atoms with Gasteiger partial charge in [-0.2, -0.15) is 0 Å². The molecule has 2 heterocycles. The molecule has 0 bridgehead atoms. The number of rotatable bonds is 2. The van der Waals surface area contributed by atoms with E-state index in [-0.39, 0.29) is 18.2 Å². The molecule has 2 fully saturated rings. The molecule has 5 heteroatoms. The molecule has 0 unspecified atom stereocenters. The first-order valence-corrected chi connectivity index (χ1v) is 6.88. The van der Waals surface area contributed by atoms with E-state index < -0.39 is 0 Å². The highest BCUT2D eigenvalue weighted by Gasteiger charge is 2.35. The van der Waals surface area contributed by atoms with Crippen LogP contribution < -0.4 is 5.32 Å². The zero-order chi connectivity index (χ0) is 11.8. The highest BCUT2D eigenvalue weighted by atomic mass is 79.9. The second kappa shape index (κ2) is 5.87. The lowest BCUT2D eigenvalue weighted by Gasteiger charge is -2.17. The van der Waals surface area contributed by atoms with Gasteiger partial charge < -0.3 is 5.32 Å². The number of likely N-dealkylation sites (tertiary alicyclic amines) is 1. The molecule has 0 aromatic heterocycles.